The maximum Gasteiger partial charge on any atom is 0.341 e. The minimum absolute atomic E-state index is 0.137. The van der Waals surface area contributed by atoms with Gasteiger partial charge < -0.3 is 15.2 Å². The summed E-state index contributed by atoms with van der Waals surface area (Å²) < 4.78 is 61.3. The number of carboxylic acid groups (broad SMARTS) is 1. The van der Waals surface area contributed by atoms with Crippen molar-refractivity contribution in [2.75, 3.05) is 11.9 Å². The number of ether oxygens (including phenoxy) is 1. The summed E-state index contributed by atoms with van der Waals surface area (Å²) in [6.45, 7) is 0.588. The Kier molecular flexibility index (Phi) is 6.25. The first-order valence-electron chi connectivity index (χ1n) is 8.87. The van der Waals surface area contributed by atoms with Crippen LogP contribution in [0.3, 0.4) is 0 Å². The van der Waals surface area contributed by atoms with E-state index in [1.165, 1.54) is 31.2 Å². The molecule has 0 bridgehead atoms. The van der Waals surface area contributed by atoms with Gasteiger partial charge in [0.2, 0.25) is 0 Å². The fraction of sp³-hybridized carbons (Fsp3) is 0.136. The highest BCUT2D eigenvalue weighted by Gasteiger charge is 2.17. The summed E-state index contributed by atoms with van der Waals surface area (Å²) in [4.78, 5) is 10.6. The van der Waals surface area contributed by atoms with Crippen LogP contribution in [0.25, 0.3) is 11.1 Å². The van der Waals surface area contributed by atoms with Crippen molar-refractivity contribution >= 4 is 11.7 Å². The van der Waals surface area contributed by atoms with Crippen LogP contribution in [0.4, 0.5) is 23.2 Å². The molecule has 0 amide bonds. The Labute approximate surface area is 169 Å². The van der Waals surface area contributed by atoms with Crippen molar-refractivity contribution in [3.8, 4) is 16.9 Å². The lowest BCUT2D eigenvalue weighted by atomic mass is 9.99. The zero-order valence-electron chi connectivity index (χ0n) is 15.8. The maximum atomic E-state index is 14.5. The minimum Gasteiger partial charge on any atom is -0.479 e. The number of nitrogens with one attached hydrogen (secondary N) is 1. The monoisotopic (exact) mass is 419 g/mol. The number of aliphatic carboxylic acids is 1. The minimum atomic E-state index is -1.31. The Bertz CT molecular complexity index is 1100. The number of hydrogen-bond donors (Lipinski definition) is 2. The van der Waals surface area contributed by atoms with E-state index in [2.05, 4.69) is 5.32 Å². The predicted octanol–water partition coefficient (Wildman–Crippen LogP) is 5.29. The fourth-order valence-electron chi connectivity index (χ4n) is 2.88. The summed E-state index contributed by atoms with van der Waals surface area (Å²) in [6, 6.07) is 10.4. The van der Waals surface area contributed by atoms with Crippen molar-refractivity contribution in [2.45, 2.75) is 13.5 Å². The molecule has 0 saturated heterocycles. The average Bonchev–Trinajstić information content (AvgIpc) is 2.70. The highest BCUT2D eigenvalue weighted by atomic mass is 19.1. The summed E-state index contributed by atoms with van der Waals surface area (Å²) in [6.07, 6.45) is 0. The number of anilines is 1. The molecule has 0 radical (unpaired) electrons. The summed E-state index contributed by atoms with van der Waals surface area (Å²) in [5, 5.41) is 11.2. The van der Waals surface area contributed by atoms with Gasteiger partial charge in [0.1, 0.15) is 23.1 Å². The number of carbonyl (C=O) groups is 1. The van der Waals surface area contributed by atoms with Crippen LogP contribution in [-0.2, 0) is 11.3 Å². The molecule has 156 valence electrons. The van der Waals surface area contributed by atoms with Crippen molar-refractivity contribution in [2.24, 2.45) is 0 Å². The molecule has 3 aromatic carbocycles. The summed E-state index contributed by atoms with van der Waals surface area (Å²) >= 11 is 0. The van der Waals surface area contributed by atoms with Gasteiger partial charge in [-0.15, -0.1) is 0 Å². The highest BCUT2D eigenvalue weighted by Crippen LogP contribution is 2.30. The molecule has 8 heteroatoms. The normalized spacial score (nSPS) is 10.7. The number of hydrogen-bond acceptors (Lipinski definition) is 3. The second kappa shape index (κ2) is 8.86. The molecule has 0 aliphatic carbocycles. The van der Waals surface area contributed by atoms with Crippen LogP contribution in [0.15, 0.2) is 48.5 Å². The topological polar surface area (TPSA) is 58.6 Å². The third-order valence-electron chi connectivity index (χ3n) is 4.47. The van der Waals surface area contributed by atoms with Gasteiger partial charge >= 0.3 is 5.97 Å². The summed E-state index contributed by atoms with van der Waals surface area (Å²) in [7, 11) is 0. The number of benzene rings is 3. The van der Waals surface area contributed by atoms with Gasteiger partial charge in [-0.2, -0.15) is 0 Å². The van der Waals surface area contributed by atoms with Gasteiger partial charge in [0.25, 0.3) is 0 Å². The number of halogens is 4. The van der Waals surface area contributed by atoms with Crippen molar-refractivity contribution < 1.29 is 32.2 Å². The Morgan fingerprint density at radius 2 is 1.77 bits per heavy atom. The summed E-state index contributed by atoms with van der Waals surface area (Å²) in [5.41, 5.74) is 1.01. The lowest BCUT2D eigenvalue weighted by molar-refractivity contribution is -0.139. The number of rotatable bonds is 7. The molecule has 3 aromatic rings. The predicted molar refractivity (Wildman–Crippen MR) is 103 cm³/mol. The summed E-state index contributed by atoms with van der Waals surface area (Å²) in [5.74, 6) is -4.79. The third kappa shape index (κ3) is 4.71. The van der Waals surface area contributed by atoms with E-state index in [1.54, 1.807) is 12.1 Å². The first-order chi connectivity index (χ1) is 14.3. The quantitative estimate of drug-likeness (QED) is 0.511. The average molecular weight is 419 g/mol. The zero-order valence-corrected chi connectivity index (χ0v) is 15.8. The van der Waals surface area contributed by atoms with Crippen LogP contribution in [0, 0.1) is 30.2 Å². The highest BCUT2D eigenvalue weighted by molar-refractivity contribution is 5.68. The van der Waals surface area contributed by atoms with Crippen LogP contribution in [0.1, 0.15) is 11.1 Å². The van der Waals surface area contributed by atoms with Crippen LogP contribution in [-0.4, -0.2) is 17.7 Å². The molecule has 0 aliphatic rings. The second-order valence-corrected chi connectivity index (χ2v) is 6.52. The van der Waals surface area contributed by atoms with E-state index in [0.717, 1.165) is 12.1 Å². The molecule has 4 nitrogen and oxygen atoms in total. The Morgan fingerprint density at radius 1 is 1.00 bits per heavy atom. The van der Waals surface area contributed by atoms with Crippen LogP contribution in [0.5, 0.6) is 5.75 Å². The maximum absolute atomic E-state index is 14.5. The van der Waals surface area contributed by atoms with Crippen LogP contribution >= 0.6 is 0 Å². The smallest absolute Gasteiger partial charge is 0.341 e. The SMILES string of the molecule is Cc1c(F)cc(-c2cccc(F)c2)cc1CNc1c(F)ccc(OCC(=O)O)c1F. The molecule has 2 N–H and O–H groups in total. The molecule has 0 aliphatic heterocycles. The first-order valence-corrected chi connectivity index (χ1v) is 8.87. The van der Waals surface area contributed by atoms with E-state index in [-0.39, 0.29) is 12.1 Å². The standard InChI is InChI=1S/C22H17F4NO3/c1-12-15(7-14(9-18(12)25)13-3-2-4-16(23)8-13)10-27-22-17(24)5-6-19(21(22)26)30-11-20(28)29/h2-9,27H,10-11H2,1H3,(H,28,29). The lowest BCUT2D eigenvalue weighted by Gasteiger charge is -2.15. The van der Waals surface area contributed by atoms with Gasteiger partial charge in [-0.3, -0.25) is 0 Å². The molecular weight excluding hydrogens is 402 g/mol. The van der Waals surface area contributed by atoms with E-state index in [0.29, 0.717) is 16.7 Å². The van der Waals surface area contributed by atoms with Crippen molar-refractivity contribution in [3.63, 3.8) is 0 Å². The zero-order chi connectivity index (χ0) is 21.8. The van der Waals surface area contributed by atoms with Gasteiger partial charge in [-0.1, -0.05) is 12.1 Å². The van der Waals surface area contributed by atoms with Crippen LogP contribution in [0.2, 0.25) is 0 Å². The molecule has 0 saturated carbocycles. The molecule has 0 spiro atoms. The van der Waals surface area contributed by atoms with Crippen molar-refractivity contribution in [1.29, 1.82) is 0 Å². The van der Waals surface area contributed by atoms with E-state index in [9.17, 15) is 22.4 Å². The largest absolute Gasteiger partial charge is 0.479 e. The first kappa shape index (κ1) is 21.2. The molecule has 0 atom stereocenters. The van der Waals surface area contributed by atoms with Gasteiger partial charge in [0.05, 0.1) is 0 Å². The Hall–Kier alpha value is -3.55. The Morgan fingerprint density at radius 3 is 2.47 bits per heavy atom. The molecule has 3 rings (SSSR count). The van der Waals surface area contributed by atoms with Gasteiger partial charge in [0, 0.05) is 6.54 Å². The molecule has 0 heterocycles. The molecule has 0 aromatic heterocycles. The van der Waals surface area contributed by atoms with Gasteiger partial charge in [0.15, 0.2) is 18.2 Å². The molecular formula is C22H17F4NO3. The molecule has 0 unspecified atom stereocenters. The van der Waals surface area contributed by atoms with Crippen LogP contribution < -0.4 is 10.1 Å². The molecule has 30 heavy (non-hydrogen) atoms. The van der Waals surface area contributed by atoms with Gasteiger partial charge in [-0.05, 0) is 65.6 Å². The van der Waals surface area contributed by atoms with Crippen molar-refractivity contribution in [3.05, 3.63) is 82.9 Å². The van der Waals surface area contributed by atoms with E-state index < -0.39 is 47.3 Å². The van der Waals surface area contributed by atoms with E-state index in [1.807, 2.05) is 0 Å². The molecule has 0 fully saturated rings. The fourth-order valence-corrected chi connectivity index (χ4v) is 2.88. The second-order valence-electron chi connectivity index (χ2n) is 6.52. The van der Waals surface area contributed by atoms with E-state index in [4.69, 9.17) is 9.84 Å². The van der Waals surface area contributed by atoms with Gasteiger partial charge in [-0.25, -0.2) is 22.4 Å². The number of carboxylic acids is 1. The van der Waals surface area contributed by atoms with E-state index >= 15 is 0 Å². The Balaban J connectivity index is 1.89. The van der Waals surface area contributed by atoms with Crippen molar-refractivity contribution in [1.82, 2.24) is 0 Å². The third-order valence-corrected chi connectivity index (χ3v) is 4.47. The lowest BCUT2D eigenvalue weighted by Crippen LogP contribution is -2.12.